The maximum Gasteiger partial charge on any atom is 0.410 e. The second-order valence-electron chi connectivity index (χ2n) is 9.82. The second-order valence-corrected chi connectivity index (χ2v) is 10.2. The monoisotopic (exact) mass is 449 g/mol. The number of hydrogen-bond acceptors (Lipinski definition) is 4. The third-order valence-corrected chi connectivity index (χ3v) is 6.65. The zero-order chi connectivity index (χ0) is 22.6. The minimum atomic E-state index is -0.436. The van der Waals surface area contributed by atoms with Gasteiger partial charge in [0.15, 0.2) is 0 Å². The van der Waals surface area contributed by atoms with Crippen molar-refractivity contribution < 1.29 is 14.3 Å². The zero-order valence-corrected chi connectivity index (χ0v) is 20.0. The smallest absolute Gasteiger partial charge is 0.410 e. The van der Waals surface area contributed by atoms with E-state index in [1.54, 1.807) is 13.1 Å². The lowest BCUT2D eigenvalue weighted by Gasteiger charge is -2.38. The molecule has 0 radical (unpaired) electrons. The van der Waals surface area contributed by atoms with Gasteiger partial charge in [0.2, 0.25) is 0 Å². The van der Waals surface area contributed by atoms with E-state index in [2.05, 4.69) is 10.2 Å². The summed E-state index contributed by atoms with van der Waals surface area (Å²) in [6, 6.07) is 5.70. The van der Waals surface area contributed by atoms with Crippen molar-refractivity contribution in [2.75, 3.05) is 38.1 Å². The van der Waals surface area contributed by atoms with E-state index in [4.69, 9.17) is 16.3 Å². The number of nitrogens with one attached hydrogen (secondary N) is 1. The Bertz CT molecular complexity index is 777. The number of piperidine rings is 2. The third-order valence-electron chi connectivity index (χ3n) is 6.34. The number of halogens is 1. The minimum absolute atomic E-state index is 0.159. The lowest BCUT2D eigenvalue weighted by Crippen LogP contribution is -2.42. The molecule has 172 valence electrons. The molecule has 3 rings (SSSR count). The summed E-state index contributed by atoms with van der Waals surface area (Å²) in [4.78, 5) is 28.3. The summed E-state index contributed by atoms with van der Waals surface area (Å²) in [7, 11) is 1.61. The van der Waals surface area contributed by atoms with E-state index in [-0.39, 0.29) is 12.0 Å². The van der Waals surface area contributed by atoms with Gasteiger partial charge in [0.1, 0.15) is 5.60 Å². The maximum atomic E-state index is 12.2. The van der Waals surface area contributed by atoms with Crippen molar-refractivity contribution in [1.29, 1.82) is 0 Å². The Morgan fingerprint density at radius 1 is 1.06 bits per heavy atom. The summed E-state index contributed by atoms with van der Waals surface area (Å²) in [5.74, 6) is 1.26. The predicted octanol–water partition coefficient (Wildman–Crippen LogP) is 4.95. The van der Waals surface area contributed by atoms with E-state index in [0.29, 0.717) is 16.5 Å². The zero-order valence-electron chi connectivity index (χ0n) is 19.2. The van der Waals surface area contributed by atoms with Crippen molar-refractivity contribution in [3.63, 3.8) is 0 Å². The fourth-order valence-corrected chi connectivity index (χ4v) is 4.86. The Kier molecular flexibility index (Phi) is 7.73. The number of carbonyl (C=O) groups is 2. The minimum Gasteiger partial charge on any atom is -0.444 e. The topological polar surface area (TPSA) is 61.9 Å². The van der Waals surface area contributed by atoms with Crippen LogP contribution in [0.3, 0.4) is 0 Å². The van der Waals surface area contributed by atoms with Crippen molar-refractivity contribution in [2.45, 2.75) is 58.5 Å². The number of ether oxygens (including phenoxy) is 1. The highest BCUT2D eigenvalue weighted by Gasteiger charge is 2.29. The first-order valence-corrected chi connectivity index (χ1v) is 11.8. The van der Waals surface area contributed by atoms with Gasteiger partial charge in [-0.3, -0.25) is 4.79 Å². The summed E-state index contributed by atoms with van der Waals surface area (Å²) in [5.41, 5.74) is 1.16. The molecule has 2 fully saturated rings. The van der Waals surface area contributed by atoms with Crippen molar-refractivity contribution in [3.8, 4) is 0 Å². The van der Waals surface area contributed by atoms with Gasteiger partial charge in [-0.1, -0.05) is 11.6 Å². The Balaban J connectivity index is 1.43. The van der Waals surface area contributed by atoms with Crippen LogP contribution in [-0.4, -0.2) is 55.7 Å². The molecular weight excluding hydrogens is 414 g/mol. The molecule has 2 aliphatic rings. The molecule has 1 N–H and O–H groups in total. The average molecular weight is 450 g/mol. The molecule has 2 aliphatic heterocycles. The quantitative estimate of drug-likeness (QED) is 0.706. The van der Waals surface area contributed by atoms with Crippen LogP contribution >= 0.6 is 11.6 Å². The number of anilines is 1. The standard InChI is InChI=1S/C24H36ClN3O3/c1-24(2,3)31-23(30)28-13-9-18(10-14-28)15-17-7-11-27(12-8-17)19-5-6-20(21(25)16-19)22(29)26-4/h5-6,16-18H,7-15H2,1-4H3,(H,26,29). The molecule has 2 amide bonds. The first-order valence-electron chi connectivity index (χ1n) is 11.4. The molecule has 0 bridgehead atoms. The van der Waals surface area contributed by atoms with Gasteiger partial charge < -0.3 is 19.9 Å². The summed E-state index contributed by atoms with van der Waals surface area (Å²) in [5, 5.41) is 3.11. The highest BCUT2D eigenvalue weighted by molar-refractivity contribution is 6.34. The predicted molar refractivity (Wildman–Crippen MR) is 125 cm³/mol. The van der Waals surface area contributed by atoms with Crippen LogP contribution in [0, 0.1) is 11.8 Å². The van der Waals surface area contributed by atoms with Gasteiger partial charge in [-0.05, 0) is 82.9 Å². The summed E-state index contributed by atoms with van der Waals surface area (Å²) in [6.45, 7) is 9.36. The normalized spacial score (nSPS) is 18.7. The van der Waals surface area contributed by atoms with Crippen LogP contribution in [-0.2, 0) is 4.74 Å². The molecule has 1 aromatic carbocycles. The van der Waals surface area contributed by atoms with Crippen molar-refractivity contribution in [2.24, 2.45) is 11.8 Å². The van der Waals surface area contributed by atoms with Gasteiger partial charge in [0, 0.05) is 38.9 Å². The number of likely N-dealkylation sites (tertiary alicyclic amines) is 1. The summed E-state index contributed by atoms with van der Waals surface area (Å²) in [6.07, 6.45) is 5.53. The SMILES string of the molecule is CNC(=O)c1ccc(N2CCC(CC3CCN(C(=O)OC(C)(C)C)CC3)CC2)cc1Cl. The number of amides is 2. The Morgan fingerprint density at radius 3 is 2.16 bits per heavy atom. The molecular formula is C24H36ClN3O3. The Hall–Kier alpha value is -1.95. The average Bonchev–Trinajstić information content (AvgIpc) is 2.73. The molecule has 0 spiro atoms. The molecule has 0 aliphatic carbocycles. The van der Waals surface area contributed by atoms with E-state index in [0.717, 1.165) is 50.6 Å². The van der Waals surface area contributed by atoms with Gasteiger partial charge in [-0.15, -0.1) is 0 Å². The number of carbonyl (C=O) groups excluding carboxylic acids is 2. The molecule has 0 saturated carbocycles. The van der Waals surface area contributed by atoms with E-state index in [1.165, 1.54) is 19.3 Å². The molecule has 0 aromatic heterocycles. The van der Waals surface area contributed by atoms with Crippen LogP contribution in [0.25, 0.3) is 0 Å². The molecule has 1 aromatic rings. The van der Waals surface area contributed by atoms with Crippen LogP contribution in [0.2, 0.25) is 5.02 Å². The lowest BCUT2D eigenvalue weighted by molar-refractivity contribution is 0.0174. The number of benzene rings is 1. The molecule has 7 heteroatoms. The van der Waals surface area contributed by atoms with Crippen LogP contribution in [0.4, 0.5) is 10.5 Å². The van der Waals surface area contributed by atoms with Gasteiger partial charge >= 0.3 is 6.09 Å². The first kappa shape index (κ1) is 23.7. The fraction of sp³-hybridized carbons (Fsp3) is 0.667. The highest BCUT2D eigenvalue weighted by Crippen LogP contribution is 2.33. The molecule has 2 heterocycles. The Morgan fingerprint density at radius 2 is 1.65 bits per heavy atom. The van der Waals surface area contributed by atoms with Crippen LogP contribution < -0.4 is 10.2 Å². The van der Waals surface area contributed by atoms with Crippen molar-refractivity contribution in [1.82, 2.24) is 10.2 Å². The lowest BCUT2D eigenvalue weighted by atomic mass is 9.83. The number of hydrogen-bond donors (Lipinski definition) is 1. The van der Waals surface area contributed by atoms with Gasteiger partial charge in [0.25, 0.3) is 5.91 Å². The van der Waals surface area contributed by atoms with Crippen molar-refractivity contribution in [3.05, 3.63) is 28.8 Å². The molecule has 0 atom stereocenters. The van der Waals surface area contributed by atoms with E-state index >= 15 is 0 Å². The molecule has 2 saturated heterocycles. The fourth-order valence-electron chi connectivity index (χ4n) is 4.60. The maximum absolute atomic E-state index is 12.2. The largest absolute Gasteiger partial charge is 0.444 e. The Labute approximate surface area is 191 Å². The molecule has 31 heavy (non-hydrogen) atoms. The van der Waals surface area contributed by atoms with E-state index < -0.39 is 5.60 Å². The summed E-state index contributed by atoms with van der Waals surface area (Å²) >= 11 is 6.32. The van der Waals surface area contributed by atoms with Gasteiger partial charge in [-0.25, -0.2) is 4.79 Å². The van der Waals surface area contributed by atoms with Crippen LogP contribution in [0.1, 0.15) is 63.2 Å². The van der Waals surface area contributed by atoms with Crippen LogP contribution in [0.15, 0.2) is 18.2 Å². The summed E-state index contributed by atoms with van der Waals surface area (Å²) < 4.78 is 5.50. The number of nitrogens with zero attached hydrogens (tertiary/aromatic N) is 2. The second kappa shape index (κ2) is 10.1. The van der Waals surface area contributed by atoms with E-state index in [1.807, 2.05) is 37.8 Å². The third kappa shape index (κ3) is 6.52. The molecule has 0 unspecified atom stereocenters. The number of rotatable bonds is 4. The first-order chi connectivity index (χ1) is 14.7. The van der Waals surface area contributed by atoms with Crippen LogP contribution in [0.5, 0.6) is 0 Å². The molecule has 6 nitrogen and oxygen atoms in total. The van der Waals surface area contributed by atoms with Gasteiger partial charge in [0.05, 0.1) is 10.6 Å². The van der Waals surface area contributed by atoms with E-state index in [9.17, 15) is 9.59 Å². The van der Waals surface area contributed by atoms with Crippen molar-refractivity contribution >= 4 is 29.3 Å². The highest BCUT2D eigenvalue weighted by atomic mass is 35.5. The van der Waals surface area contributed by atoms with Gasteiger partial charge in [-0.2, -0.15) is 0 Å².